The predicted molar refractivity (Wildman–Crippen MR) is 69.2 cm³/mol. The maximum atomic E-state index is 5.86. The summed E-state index contributed by atoms with van der Waals surface area (Å²) in [4.78, 5) is 11.8. The quantitative estimate of drug-likeness (QED) is 0.817. The number of thiophene rings is 1. The molecule has 15 heavy (non-hydrogen) atoms. The van der Waals surface area contributed by atoms with E-state index in [0.29, 0.717) is 6.67 Å². The maximum Gasteiger partial charge on any atom is 0.185 e. The number of hydrogen-bond acceptors (Lipinski definition) is 5. The Morgan fingerprint density at radius 2 is 2.47 bits per heavy atom. The average molecular weight is 260 g/mol. The van der Waals surface area contributed by atoms with Gasteiger partial charge in [0.1, 0.15) is 6.67 Å². The summed E-state index contributed by atoms with van der Waals surface area (Å²) >= 11 is 9.02. The number of thioether (sulfide) groups is 1. The van der Waals surface area contributed by atoms with Crippen LogP contribution in [0.25, 0.3) is 0 Å². The summed E-state index contributed by atoms with van der Waals surface area (Å²) < 4.78 is 0.826. The van der Waals surface area contributed by atoms with E-state index >= 15 is 0 Å². The second-order valence-electron chi connectivity index (χ2n) is 2.98. The number of hydrogen-bond donors (Lipinski definition) is 0. The molecule has 0 amide bonds. The third kappa shape index (κ3) is 2.96. The summed E-state index contributed by atoms with van der Waals surface area (Å²) in [6.45, 7) is 1.50. The Kier molecular flexibility index (Phi) is 3.66. The molecule has 80 valence electrons. The molecular formula is C9H10ClN3S2. The smallest absolute Gasteiger partial charge is 0.185 e. The molecule has 0 spiro atoms. The van der Waals surface area contributed by atoms with E-state index in [2.05, 4.69) is 14.9 Å². The molecule has 0 saturated carbocycles. The summed E-state index contributed by atoms with van der Waals surface area (Å²) in [6.07, 6.45) is 3.82. The third-order valence-electron chi connectivity index (χ3n) is 1.89. The van der Waals surface area contributed by atoms with Gasteiger partial charge in [-0.15, -0.1) is 11.3 Å². The van der Waals surface area contributed by atoms with Gasteiger partial charge in [-0.1, -0.05) is 23.4 Å². The fraction of sp³-hybridized carbons (Fsp3) is 0.333. The number of amidine groups is 1. The van der Waals surface area contributed by atoms with Gasteiger partial charge in [-0.25, -0.2) is 9.98 Å². The first-order chi connectivity index (χ1) is 7.28. The fourth-order valence-corrected chi connectivity index (χ4v) is 2.66. The first-order valence-corrected chi connectivity index (χ1v) is 6.81. The van der Waals surface area contributed by atoms with Crippen molar-refractivity contribution in [2.75, 3.05) is 12.9 Å². The fourth-order valence-electron chi connectivity index (χ4n) is 1.20. The molecule has 2 rings (SSSR count). The lowest BCUT2D eigenvalue weighted by Gasteiger charge is -2.19. The number of halogens is 1. The van der Waals surface area contributed by atoms with Crippen molar-refractivity contribution < 1.29 is 0 Å². The van der Waals surface area contributed by atoms with Gasteiger partial charge in [0.05, 0.1) is 17.2 Å². The zero-order valence-electron chi connectivity index (χ0n) is 8.18. The average Bonchev–Trinajstić information content (AvgIpc) is 2.65. The second-order valence-corrected chi connectivity index (χ2v) is 5.56. The molecule has 0 bridgehead atoms. The molecule has 3 nitrogen and oxygen atoms in total. The Morgan fingerprint density at radius 1 is 1.60 bits per heavy atom. The van der Waals surface area contributed by atoms with Crippen LogP contribution in [0.3, 0.4) is 0 Å². The largest absolute Gasteiger partial charge is 0.338 e. The van der Waals surface area contributed by atoms with Gasteiger partial charge in [-0.05, 0) is 18.4 Å². The van der Waals surface area contributed by atoms with Crippen molar-refractivity contribution in [1.29, 1.82) is 0 Å². The van der Waals surface area contributed by atoms with E-state index in [0.717, 1.165) is 16.0 Å². The molecule has 6 heteroatoms. The van der Waals surface area contributed by atoms with E-state index in [9.17, 15) is 0 Å². The van der Waals surface area contributed by atoms with Crippen LogP contribution in [0.5, 0.6) is 0 Å². The van der Waals surface area contributed by atoms with Crippen molar-refractivity contribution in [3.8, 4) is 0 Å². The lowest BCUT2D eigenvalue weighted by molar-refractivity contribution is 0.440. The summed E-state index contributed by atoms with van der Waals surface area (Å²) in [6, 6.07) is 3.95. The molecule has 0 N–H and O–H groups in total. The summed E-state index contributed by atoms with van der Waals surface area (Å²) in [7, 11) is 0. The number of aliphatic imine (C=N–C) groups is 2. The molecule has 0 aliphatic carbocycles. The normalized spacial score (nSPS) is 15.6. The topological polar surface area (TPSA) is 28.0 Å². The SMILES string of the molecule is CSC1=NCN(Cc2ccc(Cl)s2)C=N1. The van der Waals surface area contributed by atoms with E-state index in [4.69, 9.17) is 11.6 Å². The van der Waals surface area contributed by atoms with Gasteiger partial charge in [-0.3, -0.25) is 0 Å². The summed E-state index contributed by atoms with van der Waals surface area (Å²) in [5.41, 5.74) is 0. The Morgan fingerprint density at radius 3 is 3.00 bits per heavy atom. The van der Waals surface area contributed by atoms with Crippen LogP contribution in [-0.2, 0) is 6.54 Å². The monoisotopic (exact) mass is 259 g/mol. The molecule has 0 atom stereocenters. The Bertz CT molecular complexity index is 400. The molecule has 0 unspecified atom stereocenters. The van der Waals surface area contributed by atoms with E-state index in [1.165, 1.54) is 4.88 Å². The van der Waals surface area contributed by atoms with Crippen molar-refractivity contribution in [3.05, 3.63) is 21.3 Å². The Balaban J connectivity index is 1.93. The highest BCUT2D eigenvalue weighted by Crippen LogP contribution is 2.22. The summed E-state index contributed by atoms with van der Waals surface area (Å²) in [5.74, 6) is 0. The van der Waals surface area contributed by atoms with Crippen LogP contribution in [0.1, 0.15) is 4.88 Å². The van der Waals surface area contributed by atoms with Crippen LogP contribution in [0.15, 0.2) is 22.1 Å². The van der Waals surface area contributed by atoms with E-state index in [1.54, 1.807) is 23.1 Å². The van der Waals surface area contributed by atoms with Crippen molar-refractivity contribution in [3.63, 3.8) is 0 Å². The minimum atomic E-state index is 0.676. The molecule has 1 aromatic rings. The van der Waals surface area contributed by atoms with Gasteiger partial charge in [0, 0.05) is 4.88 Å². The zero-order chi connectivity index (χ0) is 10.7. The van der Waals surface area contributed by atoms with Gasteiger partial charge in [-0.2, -0.15) is 0 Å². The standard InChI is InChI=1S/C9H10ClN3S2/c1-14-9-11-5-13(6-12-9)4-7-2-3-8(10)15-7/h2-3,5H,4,6H2,1H3. The second kappa shape index (κ2) is 5.01. The van der Waals surface area contributed by atoms with Crippen LogP contribution in [0, 0.1) is 0 Å². The number of rotatable bonds is 2. The van der Waals surface area contributed by atoms with Crippen molar-refractivity contribution in [2.45, 2.75) is 6.54 Å². The number of nitrogens with zero attached hydrogens (tertiary/aromatic N) is 3. The molecule has 0 radical (unpaired) electrons. The van der Waals surface area contributed by atoms with Crippen LogP contribution >= 0.6 is 34.7 Å². The van der Waals surface area contributed by atoms with Gasteiger partial charge in [0.2, 0.25) is 0 Å². The minimum absolute atomic E-state index is 0.676. The first kappa shape index (κ1) is 11.0. The lowest BCUT2D eigenvalue weighted by atomic mass is 10.4. The molecule has 1 aromatic heterocycles. The maximum absolute atomic E-state index is 5.86. The van der Waals surface area contributed by atoms with Crippen LogP contribution in [0.2, 0.25) is 4.34 Å². The van der Waals surface area contributed by atoms with Crippen molar-refractivity contribution >= 4 is 46.2 Å². The Hall–Kier alpha value is -0.520. The molecule has 1 aliphatic rings. The van der Waals surface area contributed by atoms with Crippen LogP contribution in [0.4, 0.5) is 0 Å². The van der Waals surface area contributed by atoms with E-state index < -0.39 is 0 Å². The highest BCUT2D eigenvalue weighted by molar-refractivity contribution is 8.13. The molecular weight excluding hydrogens is 250 g/mol. The molecule has 0 fully saturated rings. The van der Waals surface area contributed by atoms with E-state index in [-0.39, 0.29) is 0 Å². The summed E-state index contributed by atoms with van der Waals surface area (Å²) in [5, 5.41) is 0.843. The third-order valence-corrected chi connectivity index (χ3v) is 3.71. The van der Waals surface area contributed by atoms with Gasteiger partial charge in [0.15, 0.2) is 5.17 Å². The molecule has 1 aliphatic heterocycles. The highest BCUT2D eigenvalue weighted by atomic mass is 35.5. The molecule has 2 heterocycles. The van der Waals surface area contributed by atoms with E-state index in [1.807, 2.05) is 24.7 Å². The van der Waals surface area contributed by atoms with Crippen molar-refractivity contribution in [2.24, 2.45) is 9.98 Å². The zero-order valence-corrected chi connectivity index (χ0v) is 10.6. The Labute approximate surface area is 102 Å². The minimum Gasteiger partial charge on any atom is -0.338 e. The van der Waals surface area contributed by atoms with Crippen LogP contribution in [-0.4, -0.2) is 29.3 Å². The van der Waals surface area contributed by atoms with Gasteiger partial charge >= 0.3 is 0 Å². The van der Waals surface area contributed by atoms with Crippen LogP contribution < -0.4 is 0 Å². The highest BCUT2D eigenvalue weighted by Gasteiger charge is 2.08. The first-order valence-electron chi connectivity index (χ1n) is 4.39. The van der Waals surface area contributed by atoms with Gasteiger partial charge < -0.3 is 4.90 Å². The molecule has 0 saturated heterocycles. The lowest BCUT2D eigenvalue weighted by Crippen LogP contribution is -2.25. The van der Waals surface area contributed by atoms with Gasteiger partial charge in [0.25, 0.3) is 0 Å². The molecule has 0 aromatic carbocycles. The predicted octanol–water partition coefficient (Wildman–Crippen LogP) is 2.92. The van der Waals surface area contributed by atoms with Crippen molar-refractivity contribution in [1.82, 2.24) is 4.90 Å².